The second kappa shape index (κ2) is 4.00. The van der Waals surface area contributed by atoms with E-state index in [1.165, 1.54) is 25.5 Å². The average Bonchev–Trinajstić information content (AvgIpc) is 2.67. The largest absolute Gasteiger partial charge is 0.307 e. The highest BCUT2D eigenvalue weighted by Gasteiger charge is 2.24. The second-order valence-corrected chi connectivity index (χ2v) is 4.26. The monoisotopic (exact) mass is 209 g/mol. The Labute approximate surface area is 88.2 Å². The van der Waals surface area contributed by atoms with Crippen LogP contribution in [-0.4, -0.2) is 14.7 Å². The summed E-state index contributed by atoms with van der Waals surface area (Å²) in [6.45, 7) is 2.19. The van der Waals surface area contributed by atoms with Gasteiger partial charge in [-0.1, -0.05) is 19.8 Å². The smallest absolute Gasteiger partial charge is 0.262 e. The van der Waals surface area contributed by atoms with E-state index in [1.807, 2.05) is 0 Å². The highest BCUT2D eigenvalue weighted by atomic mass is 16.6. The highest BCUT2D eigenvalue weighted by Crippen LogP contribution is 2.33. The zero-order valence-electron chi connectivity index (χ0n) is 8.80. The van der Waals surface area contributed by atoms with E-state index < -0.39 is 4.92 Å². The van der Waals surface area contributed by atoms with Crippen LogP contribution in [0.5, 0.6) is 0 Å². The maximum atomic E-state index is 10.5. The number of rotatable bonds is 2. The lowest BCUT2D eigenvalue weighted by Gasteiger charge is -2.28. The molecule has 1 fully saturated rings. The normalized spacial score (nSPS) is 26.5. The van der Waals surface area contributed by atoms with Crippen LogP contribution in [0.4, 0.5) is 5.69 Å². The summed E-state index contributed by atoms with van der Waals surface area (Å²) in [5.41, 5.74) is 0.0905. The highest BCUT2D eigenvalue weighted by molar-refractivity contribution is 5.21. The molecular formula is C10H15N3O2. The summed E-state index contributed by atoms with van der Waals surface area (Å²) < 4.78 is 1.77. The summed E-state index contributed by atoms with van der Waals surface area (Å²) in [5, 5.41) is 14.6. The van der Waals surface area contributed by atoms with Crippen molar-refractivity contribution in [3.8, 4) is 0 Å². The molecule has 1 saturated carbocycles. The number of aromatic nitrogens is 2. The molecule has 5 heteroatoms. The molecule has 1 aliphatic carbocycles. The molecule has 0 aromatic carbocycles. The number of nitro groups is 1. The van der Waals surface area contributed by atoms with E-state index in [0.717, 1.165) is 6.42 Å². The van der Waals surface area contributed by atoms with Gasteiger partial charge in [-0.25, -0.2) is 0 Å². The Kier molecular flexibility index (Phi) is 2.70. The first-order valence-electron chi connectivity index (χ1n) is 5.37. The topological polar surface area (TPSA) is 61.0 Å². The zero-order chi connectivity index (χ0) is 10.8. The molecule has 0 N–H and O–H groups in total. The van der Waals surface area contributed by atoms with Gasteiger partial charge in [0.1, 0.15) is 12.4 Å². The zero-order valence-corrected chi connectivity index (χ0v) is 8.80. The van der Waals surface area contributed by atoms with Gasteiger partial charge in [0.2, 0.25) is 0 Å². The van der Waals surface area contributed by atoms with Gasteiger partial charge >= 0.3 is 5.69 Å². The van der Waals surface area contributed by atoms with Gasteiger partial charge in [0.05, 0.1) is 11.0 Å². The third-order valence-corrected chi connectivity index (χ3v) is 3.20. The fourth-order valence-electron chi connectivity index (χ4n) is 2.29. The molecule has 1 aromatic rings. The van der Waals surface area contributed by atoms with Gasteiger partial charge < -0.3 is 0 Å². The third-order valence-electron chi connectivity index (χ3n) is 3.20. The van der Waals surface area contributed by atoms with Gasteiger partial charge in [0.25, 0.3) is 0 Å². The average molecular weight is 209 g/mol. The molecule has 0 spiro atoms. The van der Waals surface area contributed by atoms with E-state index in [9.17, 15) is 10.1 Å². The minimum atomic E-state index is -0.392. The van der Waals surface area contributed by atoms with Gasteiger partial charge in [-0.05, 0) is 18.8 Å². The first-order valence-corrected chi connectivity index (χ1v) is 5.37. The Morgan fingerprint density at radius 2 is 2.27 bits per heavy atom. The fraction of sp³-hybridized carbons (Fsp3) is 0.700. The molecule has 15 heavy (non-hydrogen) atoms. The molecule has 0 unspecified atom stereocenters. The minimum Gasteiger partial charge on any atom is -0.262 e. The van der Waals surface area contributed by atoms with Crippen molar-refractivity contribution in [1.82, 2.24) is 9.78 Å². The second-order valence-electron chi connectivity index (χ2n) is 4.26. The Hall–Kier alpha value is -1.39. The van der Waals surface area contributed by atoms with Crippen molar-refractivity contribution in [2.75, 3.05) is 0 Å². The van der Waals surface area contributed by atoms with E-state index in [2.05, 4.69) is 12.0 Å². The number of hydrogen-bond donors (Lipinski definition) is 0. The molecule has 0 radical (unpaired) electrons. The fourth-order valence-corrected chi connectivity index (χ4v) is 2.29. The van der Waals surface area contributed by atoms with Crippen LogP contribution in [0.15, 0.2) is 12.4 Å². The van der Waals surface area contributed by atoms with Crippen LogP contribution in [0, 0.1) is 16.0 Å². The van der Waals surface area contributed by atoms with Crippen LogP contribution in [0.3, 0.4) is 0 Å². The molecule has 1 aromatic heterocycles. The van der Waals surface area contributed by atoms with Crippen LogP contribution in [0.2, 0.25) is 0 Å². The van der Waals surface area contributed by atoms with Crippen LogP contribution in [0.25, 0.3) is 0 Å². The molecule has 5 nitrogen and oxygen atoms in total. The molecule has 0 saturated heterocycles. The van der Waals surface area contributed by atoms with Crippen molar-refractivity contribution in [2.24, 2.45) is 5.92 Å². The summed E-state index contributed by atoms with van der Waals surface area (Å²) in [6.07, 6.45) is 7.62. The lowest BCUT2D eigenvalue weighted by atomic mass is 9.86. The van der Waals surface area contributed by atoms with E-state index in [-0.39, 0.29) is 5.69 Å². The lowest BCUT2D eigenvalue weighted by Crippen LogP contribution is -2.21. The van der Waals surface area contributed by atoms with Crippen LogP contribution < -0.4 is 0 Å². The molecule has 82 valence electrons. The summed E-state index contributed by atoms with van der Waals surface area (Å²) in [4.78, 5) is 10.1. The van der Waals surface area contributed by atoms with Crippen LogP contribution in [-0.2, 0) is 0 Å². The molecule has 0 bridgehead atoms. The number of nitrogens with zero attached hydrogens (tertiary/aromatic N) is 3. The Morgan fingerprint density at radius 1 is 1.53 bits per heavy atom. The first-order chi connectivity index (χ1) is 7.18. The minimum absolute atomic E-state index is 0.0905. The Bertz CT molecular complexity index is 361. The van der Waals surface area contributed by atoms with Gasteiger partial charge in [0.15, 0.2) is 0 Å². The van der Waals surface area contributed by atoms with E-state index >= 15 is 0 Å². The van der Waals surface area contributed by atoms with E-state index in [0.29, 0.717) is 12.0 Å². The van der Waals surface area contributed by atoms with E-state index in [1.54, 1.807) is 10.9 Å². The lowest BCUT2D eigenvalue weighted by molar-refractivity contribution is -0.385. The molecule has 1 aliphatic rings. The summed E-state index contributed by atoms with van der Waals surface area (Å²) in [5.74, 6) is 0.568. The maximum Gasteiger partial charge on any atom is 0.307 e. The predicted octanol–water partition coefficient (Wildman–Crippen LogP) is 2.54. The van der Waals surface area contributed by atoms with Crippen molar-refractivity contribution in [1.29, 1.82) is 0 Å². The van der Waals surface area contributed by atoms with Crippen LogP contribution in [0.1, 0.15) is 38.6 Å². The Balaban J connectivity index is 2.17. The Morgan fingerprint density at radius 3 is 2.87 bits per heavy atom. The molecule has 2 atom stereocenters. The van der Waals surface area contributed by atoms with Gasteiger partial charge in [-0.2, -0.15) is 5.10 Å². The van der Waals surface area contributed by atoms with Gasteiger partial charge in [-0.3, -0.25) is 14.8 Å². The first kappa shape index (κ1) is 10.1. The van der Waals surface area contributed by atoms with Crippen molar-refractivity contribution >= 4 is 5.69 Å². The van der Waals surface area contributed by atoms with E-state index in [4.69, 9.17) is 0 Å². The number of hydrogen-bond acceptors (Lipinski definition) is 3. The van der Waals surface area contributed by atoms with Gasteiger partial charge in [0, 0.05) is 0 Å². The molecule has 1 heterocycles. The molecule has 2 rings (SSSR count). The SMILES string of the molecule is C[C@@H]1CCCC[C@@H]1n1cc([N+](=O)[O-])cn1. The molecule has 0 aliphatic heterocycles. The molecular weight excluding hydrogens is 194 g/mol. The van der Waals surface area contributed by atoms with Crippen molar-refractivity contribution in [3.63, 3.8) is 0 Å². The standard InChI is InChI=1S/C10H15N3O2/c1-8-4-2-3-5-10(8)12-7-9(6-11-12)13(14)15/h6-8,10H,2-5H2,1H3/t8-,10+/m1/s1. The molecule has 0 amide bonds. The predicted molar refractivity (Wildman–Crippen MR) is 55.6 cm³/mol. The van der Waals surface area contributed by atoms with Crippen molar-refractivity contribution in [2.45, 2.75) is 38.6 Å². The van der Waals surface area contributed by atoms with Crippen LogP contribution >= 0.6 is 0 Å². The maximum absolute atomic E-state index is 10.5. The van der Waals surface area contributed by atoms with Gasteiger partial charge in [-0.15, -0.1) is 0 Å². The quantitative estimate of drug-likeness (QED) is 0.555. The van der Waals surface area contributed by atoms with Crippen molar-refractivity contribution < 1.29 is 4.92 Å². The summed E-state index contributed by atoms with van der Waals surface area (Å²) >= 11 is 0. The summed E-state index contributed by atoms with van der Waals surface area (Å²) in [6, 6.07) is 0.340. The summed E-state index contributed by atoms with van der Waals surface area (Å²) in [7, 11) is 0. The van der Waals surface area contributed by atoms with Crippen molar-refractivity contribution in [3.05, 3.63) is 22.5 Å². The third kappa shape index (κ3) is 2.00.